The lowest BCUT2D eigenvalue weighted by Gasteiger charge is -2.11. The monoisotopic (exact) mass is 355 g/mol. The highest BCUT2D eigenvalue weighted by Crippen LogP contribution is 2.30. The highest BCUT2D eigenvalue weighted by molar-refractivity contribution is 6.39. The Hall–Kier alpha value is -2.79. The minimum Gasteiger partial charge on any atom is -0.359 e. The van der Waals surface area contributed by atoms with Crippen molar-refractivity contribution in [2.75, 3.05) is 12.4 Å². The molecule has 25 heavy (non-hydrogen) atoms. The van der Waals surface area contributed by atoms with Gasteiger partial charge in [-0.25, -0.2) is 0 Å². The van der Waals surface area contributed by atoms with Crippen LogP contribution in [0.3, 0.4) is 0 Å². The molecular weight excluding hydrogens is 338 g/mol. The Labute approximate surface area is 150 Å². The number of fused-ring (bicyclic) bond motifs is 1. The predicted molar refractivity (Wildman–Crippen MR) is 100 cm³/mol. The molecule has 0 bridgehead atoms. The van der Waals surface area contributed by atoms with Gasteiger partial charge in [-0.05, 0) is 17.7 Å². The van der Waals surface area contributed by atoms with Gasteiger partial charge < -0.3 is 15.2 Å². The van der Waals surface area contributed by atoms with Gasteiger partial charge in [0.25, 0.3) is 5.91 Å². The van der Waals surface area contributed by atoms with Crippen molar-refractivity contribution in [2.45, 2.75) is 6.42 Å². The Morgan fingerprint density at radius 2 is 1.76 bits per heavy atom. The number of halogens is 1. The van der Waals surface area contributed by atoms with E-state index in [9.17, 15) is 9.59 Å². The molecule has 2 N–H and O–H groups in total. The summed E-state index contributed by atoms with van der Waals surface area (Å²) < 4.78 is 1.77. The molecule has 0 atom stereocenters. The van der Waals surface area contributed by atoms with E-state index in [1.165, 1.54) is 0 Å². The number of hydrogen-bond acceptors (Lipinski definition) is 2. The maximum absolute atomic E-state index is 12.8. The zero-order valence-electron chi connectivity index (χ0n) is 14.0. The van der Waals surface area contributed by atoms with Crippen molar-refractivity contribution in [2.24, 2.45) is 7.05 Å². The Morgan fingerprint density at radius 1 is 1.08 bits per heavy atom. The lowest BCUT2D eigenvalue weighted by atomic mass is 10.1. The summed E-state index contributed by atoms with van der Waals surface area (Å²) in [6.07, 6.45) is 0.190. The Bertz CT molecular complexity index is 923. The number of hydrogen-bond donors (Lipinski definition) is 2. The summed E-state index contributed by atoms with van der Waals surface area (Å²) in [6, 6.07) is 14.8. The molecule has 0 spiro atoms. The smallest absolute Gasteiger partial charge is 0.273 e. The summed E-state index contributed by atoms with van der Waals surface area (Å²) in [5.74, 6) is -0.433. The molecule has 0 aliphatic heterocycles. The summed E-state index contributed by atoms with van der Waals surface area (Å²) in [7, 11) is 3.39. The lowest BCUT2D eigenvalue weighted by Crippen LogP contribution is -2.22. The molecule has 3 aromatic rings. The molecule has 0 saturated carbocycles. The molecule has 0 fully saturated rings. The van der Waals surface area contributed by atoms with E-state index in [4.69, 9.17) is 11.6 Å². The topological polar surface area (TPSA) is 63.1 Å². The number of benzene rings is 2. The van der Waals surface area contributed by atoms with E-state index < -0.39 is 0 Å². The average molecular weight is 356 g/mol. The van der Waals surface area contributed by atoms with Crippen LogP contribution in [-0.2, 0) is 18.3 Å². The van der Waals surface area contributed by atoms with E-state index in [0.717, 1.165) is 16.5 Å². The van der Waals surface area contributed by atoms with Gasteiger partial charge in [0.15, 0.2) is 0 Å². The molecule has 3 rings (SSSR count). The van der Waals surface area contributed by atoms with Crippen LogP contribution in [-0.4, -0.2) is 23.4 Å². The molecule has 128 valence electrons. The standard InChI is InChI=1S/C19H18ClN3O2/c1-21-16(24)11-12-7-3-5-9-14(12)22-19(25)18-17(20)13-8-4-6-10-15(13)23(18)2/h3-10H,11H2,1-2H3,(H,21,24)(H,22,25). The first-order valence-electron chi connectivity index (χ1n) is 7.85. The fourth-order valence-corrected chi connectivity index (χ4v) is 3.21. The number of likely N-dealkylation sites (N-methyl/N-ethyl adjacent to an activating group) is 1. The Morgan fingerprint density at radius 3 is 2.48 bits per heavy atom. The summed E-state index contributed by atoms with van der Waals surface area (Å²) in [4.78, 5) is 24.5. The van der Waals surface area contributed by atoms with Crippen molar-refractivity contribution in [1.29, 1.82) is 0 Å². The molecule has 1 aromatic heterocycles. The largest absolute Gasteiger partial charge is 0.359 e. The maximum Gasteiger partial charge on any atom is 0.273 e. The number of nitrogens with zero attached hydrogens (tertiary/aromatic N) is 1. The molecular formula is C19H18ClN3O2. The number of carbonyl (C=O) groups excluding carboxylic acids is 2. The van der Waals surface area contributed by atoms with Gasteiger partial charge in [0.05, 0.1) is 11.4 Å². The van der Waals surface area contributed by atoms with Gasteiger partial charge >= 0.3 is 0 Å². The molecule has 0 saturated heterocycles. The van der Waals surface area contributed by atoms with Gasteiger partial charge in [0.2, 0.25) is 5.91 Å². The number of nitrogens with one attached hydrogen (secondary N) is 2. The second-order valence-electron chi connectivity index (χ2n) is 5.70. The van der Waals surface area contributed by atoms with Gasteiger partial charge in [-0.3, -0.25) is 9.59 Å². The summed E-state index contributed by atoms with van der Waals surface area (Å²) in [5, 5.41) is 6.70. The number of rotatable bonds is 4. The van der Waals surface area contributed by atoms with E-state index in [-0.39, 0.29) is 18.2 Å². The molecule has 5 nitrogen and oxygen atoms in total. The lowest BCUT2D eigenvalue weighted by molar-refractivity contribution is -0.119. The SMILES string of the molecule is CNC(=O)Cc1ccccc1NC(=O)c1c(Cl)c2ccccc2n1C. The van der Waals surface area contributed by atoms with Crippen molar-refractivity contribution < 1.29 is 9.59 Å². The van der Waals surface area contributed by atoms with Crippen LogP contribution < -0.4 is 10.6 Å². The fraction of sp³-hybridized carbons (Fsp3) is 0.158. The van der Waals surface area contributed by atoms with Crippen molar-refractivity contribution in [3.63, 3.8) is 0 Å². The number of aromatic nitrogens is 1. The summed E-state index contributed by atoms with van der Waals surface area (Å²) in [6.45, 7) is 0. The number of carbonyl (C=O) groups is 2. The molecule has 2 aromatic carbocycles. The minimum absolute atomic E-state index is 0.121. The van der Waals surface area contributed by atoms with Crippen LogP contribution >= 0.6 is 11.6 Å². The normalized spacial score (nSPS) is 10.7. The van der Waals surface area contributed by atoms with E-state index in [0.29, 0.717) is 16.4 Å². The Balaban J connectivity index is 1.95. The summed E-state index contributed by atoms with van der Waals surface area (Å²) in [5.41, 5.74) is 2.61. The van der Waals surface area contributed by atoms with Crippen molar-refractivity contribution >= 4 is 40.0 Å². The van der Waals surface area contributed by atoms with Gasteiger partial charge in [0, 0.05) is 30.7 Å². The zero-order chi connectivity index (χ0) is 18.0. The van der Waals surface area contributed by atoms with E-state index >= 15 is 0 Å². The van der Waals surface area contributed by atoms with Gasteiger partial charge in [-0.15, -0.1) is 0 Å². The molecule has 0 aliphatic rings. The van der Waals surface area contributed by atoms with E-state index in [2.05, 4.69) is 10.6 Å². The average Bonchev–Trinajstić information content (AvgIpc) is 2.88. The van der Waals surface area contributed by atoms with Crippen LogP contribution in [0.1, 0.15) is 16.1 Å². The first kappa shape index (κ1) is 17.0. The van der Waals surface area contributed by atoms with Crippen LogP contribution in [0.25, 0.3) is 10.9 Å². The molecule has 0 aliphatic carbocycles. The van der Waals surface area contributed by atoms with Crippen molar-refractivity contribution in [3.8, 4) is 0 Å². The number of amides is 2. The second kappa shape index (κ2) is 6.99. The van der Waals surface area contributed by atoms with Crippen LogP contribution in [0.15, 0.2) is 48.5 Å². The number of para-hydroxylation sites is 2. The molecule has 0 radical (unpaired) electrons. The first-order valence-corrected chi connectivity index (χ1v) is 8.23. The van der Waals surface area contributed by atoms with Gasteiger partial charge in [-0.2, -0.15) is 0 Å². The maximum atomic E-state index is 12.8. The third kappa shape index (κ3) is 3.23. The Kier molecular flexibility index (Phi) is 4.76. The van der Waals surface area contributed by atoms with Crippen LogP contribution in [0.2, 0.25) is 5.02 Å². The van der Waals surface area contributed by atoms with E-state index in [1.807, 2.05) is 42.5 Å². The van der Waals surface area contributed by atoms with Crippen LogP contribution in [0, 0.1) is 0 Å². The number of anilines is 1. The highest BCUT2D eigenvalue weighted by atomic mass is 35.5. The molecule has 2 amide bonds. The quantitative estimate of drug-likeness (QED) is 0.753. The summed E-state index contributed by atoms with van der Waals surface area (Å²) >= 11 is 6.42. The molecule has 0 unspecified atom stereocenters. The molecule has 1 heterocycles. The first-order chi connectivity index (χ1) is 12.0. The highest BCUT2D eigenvalue weighted by Gasteiger charge is 2.20. The van der Waals surface area contributed by atoms with E-state index in [1.54, 1.807) is 24.7 Å². The number of aryl methyl sites for hydroxylation is 1. The third-order valence-electron chi connectivity index (χ3n) is 4.16. The van der Waals surface area contributed by atoms with Crippen LogP contribution in [0.5, 0.6) is 0 Å². The van der Waals surface area contributed by atoms with Crippen LogP contribution in [0.4, 0.5) is 5.69 Å². The van der Waals surface area contributed by atoms with Crippen molar-refractivity contribution in [3.05, 3.63) is 64.8 Å². The minimum atomic E-state index is -0.312. The van der Waals surface area contributed by atoms with Crippen molar-refractivity contribution in [1.82, 2.24) is 9.88 Å². The predicted octanol–water partition coefficient (Wildman–Crippen LogP) is 3.37. The zero-order valence-corrected chi connectivity index (χ0v) is 14.7. The second-order valence-corrected chi connectivity index (χ2v) is 6.08. The fourth-order valence-electron chi connectivity index (χ4n) is 2.84. The molecule has 6 heteroatoms. The van der Waals surface area contributed by atoms with Gasteiger partial charge in [-0.1, -0.05) is 48.0 Å². The van der Waals surface area contributed by atoms with Gasteiger partial charge in [0.1, 0.15) is 5.69 Å². The third-order valence-corrected chi connectivity index (χ3v) is 4.54.